The van der Waals surface area contributed by atoms with Gasteiger partial charge >= 0.3 is 0 Å². The van der Waals surface area contributed by atoms with Gasteiger partial charge in [-0.05, 0) is 50.5 Å². The van der Waals surface area contributed by atoms with E-state index in [2.05, 4.69) is 24.5 Å². The second-order valence-corrected chi connectivity index (χ2v) is 6.33. The highest BCUT2D eigenvalue weighted by Gasteiger charge is 2.27. The third kappa shape index (κ3) is 3.71. The van der Waals surface area contributed by atoms with Crippen LogP contribution in [0.2, 0.25) is 0 Å². The van der Waals surface area contributed by atoms with Gasteiger partial charge in [0, 0.05) is 6.04 Å². The Hall–Kier alpha value is -0.570. The lowest BCUT2D eigenvalue weighted by molar-refractivity contribution is -0.124. The van der Waals surface area contributed by atoms with E-state index >= 15 is 0 Å². The summed E-state index contributed by atoms with van der Waals surface area (Å²) in [5.41, 5.74) is 0. The molecule has 0 aromatic rings. The van der Waals surface area contributed by atoms with Crippen molar-refractivity contribution in [3.63, 3.8) is 0 Å². The van der Waals surface area contributed by atoms with E-state index in [-0.39, 0.29) is 11.9 Å². The van der Waals surface area contributed by atoms with E-state index in [9.17, 15) is 4.79 Å². The number of nitrogens with one attached hydrogen (secondary N) is 2. The van der Waals surface area contributed by atoms with Crippen molar-refractivity contribution in [3.05, 3.63) is 0 Å². The minimum Gasteiger partial charge on any atom is -0.352 e. The van der Waals surface area contributed by atoms with Crippen molar-refractivity contribution < 1.29 is 4.79 Å². The first-order chi connectivity index (χ1) is 8.66. The summed E-state index contributed by atoms with van der Waals surface area (Å²) < 4.78 is 0. The van der Waals surface area contributed by atoms with Crippen LogP contribution in [-0.4, -0.2) is 24.5 Å². The zero-order valence-electron chi connectivity index (χ0n) is 11.9. The van der Waals surface area contributed by atoms with E-state index in [0.29, 0.717) is 6.04 Å². The largest absolute Gasteiger partial charge is 0.352 e. The predicted molar refractivity (Wildman–Crippen MR) is 74.4 cm³/mol. The smallest absolute Gasteiger partial charge is 0.237 e. The van der Waals surface area contributed by atoms with Gasteiger partial charge in [0.15, 0.2) is 0 Å². The number of carbonyl (C=O) groups is 1. The Morgan fingerprint density at radius 2 is 1.89 bits per heavy atom. The van der Waals surface area contributed by atoms with Crippen molar-refractivity contribution >= 4 is 5.91 Å². The first-order valence-corrected chi connectivity index (χ1v) is 7.70. The lowest BCUT2D eigenvalue weighted by atomic mass is 9.79. The summed E-state index contributed by atoms with van der Waals surface area (Å²) in [6.07, 6.45) is 8.22. The molecule has 0 aromatic carbocycles. The van der Waals surface area contributed by atoms with Gasteiger partial charge in [0.25, 0.3) is 0 Å². The van der Waals surface area contributed by atoms with Gasteiger partial charge < -0.3 is 10.6 Å². The average Bonchev–Trinajstić information content (AvgIpc) is 2.62. The molecule has 1 saturated heterocycles. The fourth-order valence-corrected chi connectivity index (χ4v) is 3.23. The van der Waals surface area contributed by atoms with Gasteiger partial charge in [-0.15, -0.1) is 0 Å². The quantitative estimate of drug-likeness (QED) is 0.792. The molecule has 1 aliphatic carbocycles. The van der Waals surface area contributed by atoms with Gasteiger partial charge in [-0.1, -0.05) is 26.7 Å². The maximum Gasteiger partial charge on any atom is 0.237 e. The van der Waals surface area contributed by atoms with Crippen molar-refractivity contribution in [3.8, 4) is 0 Å². The normalized spacial score (nSPS) is 37.9. The molecule has 18 heavy (non-hydrogen) atoms. The van der Waals surface area contributed by atoms with E-state index in [1.165, 1.54) is 25.7 Å². The summed E-state index contributed by atoms with van der Waals surface area (Å²) in [5, 5.41) is 6.64. The molecule has 1 heterocycles. The standard InChI is InChI=1S/C15H28N2O/c1-11-7-8-13(10-12(11)2)17-15(18)14-6-4-3-5-9-16-14/h11-14,16H,3-10H2,1-2H3,(H,17,18). The minimum atomic E-state index is 0.0576. The zero-order chi connectivity index (χ0) is 13.0. The molecule has 0 radical (unpaired) electrons. The van der Waals surface area contributed by atoms with Gasteiger partial charge in [-0.3, -0.25) is 4.79 Å². The average molecular weight is 252 g/mol. The molecule has 0 bridgehead atoms. The molecule has 4 atom stereocenters. The molecule has 4 unspecified atom stereocenters. The van der Waals surface area contributed by atoms with Crippen molar-refractivity contribution in [2.24, 2.45) is 11.8 Å². The van der Waals surface area contributed by atoms with Crippen LogP contribution in [0.25, 0.3) is 0 Å². The Bertz CT molecular complexity index is 272. The van der Waals surface area contributed by atoms with Crippen LogP contribution in [0.4, 0.5) is 0 Å². The molecule has 0 spiro atoms. The Balaban J connectivity index is 1.79. The van der Waals surface area contributed by atoms with Gasteiger partial charge in [0.1, 0.15) is 0 Å². The first-order valence-electron chi connectivity index (χ1n) is 7.70. The molecule has 1 amide bonds. The lowest BCUT2D eigenvalue weighted by Crippen LogP contribution is -2.49. The Kier molecular flexibility index (Phi) is 5.04. The minimum absolute atomic E-state index is 0.0576. The number of amides is 1. The molecule has 1 saturated carbocycles. The molecule has 2 aliphatic rings. The van der Waals surface area contributed by atoms with Crippen LogP contribution in [0, 0.1) is 11.8 Å². The van der Waals surface area contributed by atoms with Crippen LogP contribution in [0.15, 0.2) is 0 Å². The third-order valence-electron chi connectivity index (χ3n) is 4.82. The SMILES string of the molecule is CC1CCC(NC(=O)C2CCCCCN2)CC1C. The van der Waals surface area contributed by atoms with Crippen LogP contribution in [0.3, 0.4) is 0 Å². The van der Waals surface area contributed by atoms with Crippen molar-refractivity contribution in [2.45, 2.75) is 70.9 Å². The molecule has 0 aromatic heterocycles. The predicted octanol–water partition coefficient (Wildman–Crippen LogP) is 2.46. The van der Waals surface area contributed by atoms with E-state index in [1.54, 1.807) is 0 Å². The summed E-state index contributed by atoms with van der Waals surface area (Å²) in [4.78, 5) is 12.2. The Labute approximate surface area is 111 Å². The van der Waals surface area contributed by atoms with Gasteiger partial charge in [0.05, 0.1) is 6.04 Å². The summed E-state index contributed by atoms with van der Waals surface area (Å²) in [7, 11) is 0. The van der Waals surface area contributed by atoms with Crippen LogP contribution >= 0.6 is 0 Å². The molecular formula is C15H28N2O. The molecule has 2 N–H and O–H groups in total. The van der Waals surface area contributed by atoms with Crippen LogP contribution in [-0.2, 0) is 4.79 Å². The van der Waals surface area contributed by atoms with Crippen LogP contribution in [0.5, 0.6) is 0 Å². The fourth-order valence-electron chi connectivity index (χ4n) is 3.23. The maximum absolute atomic E-state index is 12.2. The first kappa shape index (κ1) is 13.9. The second-order valence-electron chi connectivity index (χ2n) is 6.33. The highest BCUT2D eigenvalue weighted by molar-refractivity contribution is 5.82. The molecule has 3 heteroatoms. The summed E-state index contributed by atoms with van der Waals surface area (Å²) >= 11 is 0. The van der Waals surface area contributed by atoms with E-state index in [4.69, 9.17) is 0 Å². The summed E-state index contributed by atoms with van der Waals surface area (Å²) in [6, 6.07) is 0.468. The molecule has 3 nitrogen and oxygen atoms in total. The maximum atomic E-state index is 12.2. The van der Waals surface area contributed by atoms with Gasteiger partial charge in [0.2, 0.25) is 5.91 Å². The Morgan fingerprint density at radius 3 is 2.67 bits per heavy atom. The molecule has 2 rings (SSSR count). The van der Waals surface area contributed by atoms with Gasteiger partial charge in [-0.25, -0.2) is 0 Å². The second kappa shape index (κ2) is 6.55. The lowest BCUT2D eigenvalue weighted by Gasteiger charge is -2.33. The monoisotopic (exact) mass is 252 g/mol. The zero-order valence-corrected chi connectivity index (χ0v) is 11.9. The molecular weight excluding hydrogens is 224 g/mol. The number of hydrogen-bond acceptors (Lipinski definition) is 2. The Morgan fingerprint density at radius 1 is 1.06 bits per heavy atom. The van der Waals surface area contributed by atoms with E-state index < -0.39 is 0 Å². The van der Waals surface area contributed by atoms with E-state index in [0.717, 1.165) is 37.6 Å². The number of carbonyl (C=O) groups excluding carboxylic acids is 1. The molecule has 1 aliphatic heterocycles. The molecule has 2 fully saturated rings. The highest BCUT2D eigenvalue weighted by atomic mass is 16.2. The number of rotatable bonds is 2. The topological polar surface area (TPSA) is 41.1 Å². The highest BCUT2D eigenvalue weighted by Crippen LogP contribution is 2.29. The van der Waals surface area contributed by atoms with Gasteiger partial charge in [-0.2, -0.15) is 0 Å². The number of hydrogen-bond donors (Lipinski definition) is 2. The van der Waals surface area contributed by atoms with Crippen LogP contribution < -0.4 is 10.6 Å². The van der Waals surface area contributed by atoms with Crippen molar-refractivity contribution in [1.29, 1.82) is 0 Å². The fraction of sp³-hybridized carbons (Fsp3) is 0.933. The third-order valence-corrected chi connectivity index (χ3v) is 4.82. The summed E-state index contributed by atoms with van der Waals surface area (Å²) in [5.74, 6) is 1.80. The van der Waals surface area contributed by atoms with E-state index in [1.807, 2.05) is 0 Å². The molecule has 104 valence electrons. The van der Waals surface area contributed by atoms with Crippen molar-refractivity contribution in [2.75, 3.05) is 6.54 Å². The summed E-state index contributed by atoms with van der Waals surface area (Å²) in [6.45, 7) is 5.64. The van der Waals surface area contributed by atoms with Crippen molar-refractivity contribution in [1.82, 2.24) is 10.6 Å². The van der Waals surface area contributed by atoms with Crippen LogP contribution in [0.1, 0.15) is 58.8 Å².